The fraction of sp³-hybridized carbons (Fsp3) is 0.489. The number of carbonyl (C=O) groups is 1. The van der Waals surface area contributed by atoms with Crippen LogP contribution < -0.4 is 30.0 Å². The van der Waals surface area contributed by atoms with E-state index < -0.39 is 36.5 Å². The number of fused-ring (bicyclic) bond motifs is 3. The van der Waals surface area contributed by atoms with E-state index in [2.05, 4.69) is 22.3 Å². The number of amides is 1. The molecule has 13 heteroatoms. The predicted molar refractivity (Wildman–Crippen MR) is 216 cm³/mol. The van der Waals surface area contributed by atoms with Crippen molar-refractivity contribution in [2.45, 2.75) is 81.3 Å². The van der Waals surface area contributed by atoms with Crippen LogP contribution in [0.5, 0.6) is 23.0 Å². The molecule has 4 aromatic carbocycles. The quantitative estimate of drug-likeness (QED) is 0.111. The zero-order valence-corrected chi connectivity index (χ0v) is 32.8. The molecule has 4 aliphatic heterocycles. The third kappa shape index (κ3) is 9.50. The standard InChI is InChI=1S/C45H54F2N4O7/c46-45(47,44(54)49-37(27-51-18-3-19-51)43(53)33-11-12-38-40(24-33)56-21-20-55-38)15-14-30-7-9-31-8-6-29(22-34(31)23-30)4-1-5-35-28-57-39-13-10-32(25-41(39)58-35)42(52)36(48)26-50-16-2-17-50/h6-13,22-25,35-37,42-43,52-53H,1-5,14-21,26-28,48H2,(H,49,54)/t35?,36-,37-,42-,43-/m1/s1. The van der Waals surface area contributed by atoms with Crippen LogP contribution in [0.25, 0.3) is 10.8 Å². The summed E-state index contributed by atoms with van der Waals surface area (Å²) in [6.07, 6.45) is 1.75. The molecule has 1 amide bonds. The van der Waals surface area contributed by atoms with Crippen LogP contribution in [-0.2, 0) is 17.6 Å². The van der Waals surface area contributed by atoms with E-state index in [9.17, 15) is 15.0 Å². The number of halogens is 2. The van der Waals surface area contributed by atoms with Crippen LogP contribution in [0, 0.1) is 0 Å². The minimum atomic E-state index is -3.65. The summed E-state index contributed by atoms with van der Waals surface area (Å²) in [5.41, 5.74) is 9.33. The molecular weight excluding hydrogens is 747 g/mol. The maximum Gasteiger partial charge on any atom is 0.324 e. The number of nitrogens with one attached hydrogen (secondary N) is 1. The molecule has 5 N–H and O–H groups in total. The lowest BCUT2D eigenvalue weighted by Gasteiger charge is -2.36. The number of ether oxygens (including phenoxy) is 4. The first kappa shape index (κ1) is 40.3. The van der Waals surface area contributed by atoms with Crippen molar-refractivity contribution >= 4 is 16.7 Å². The Morgan fingerprint density at radius 1 is 0.759 bits per heavy atom. The molecule has 2 saturated heterocycles. The number of hydrogen-bond donors (Lipinski definition) is 4. The second-order valence-corrected chi connectivity index (χ2v) is 16.2. The van der Waals surface area contributed by atoms with Crippen LogP contribution in [0.4, 0.5) is 8.78 Å². The molecule has 11 nitrogen and oxygen atoms in total. The number of carbonyl (C=O) groups excluding carboxylic acids is 1. The van der Waals surface area contributed by atoms with Gasteiger partial charge in [0.25, 0.3) is 5.91 Å². The Morgan fingerprint density at radius 2 is 1.38 bits per heavy atom. The minimum absolute atomic E-state index is 0.00566. The number of likely N-dealkylation sites (tertiary alicyclic amines) is 2. The highest BCUT2D eigenvalue weighted by molar-refractivity contribution is 5.85. The van der Waals surface area contributed by atoms with Gasteiger partial charge in [0.1, 0.15) is 32.0 Å². The Hall–Kier alpha value is -4.53. The Bertz CT molecular complexity index is 2060. The molecule has 310 valence electrons. The van der Waals surface area contributed by atoms with Crippen molar-refractivity contribution in [2.75, 3.05) is 59.1 Å². The number of hydrogen-bond acceptors (Lipinski definition) is 10. The Labute approximate surface area is 338 Å². The van der Waals surface area contributed by atoms with Gasteiger partial charge in [-0.2, -0.15) is 8.78 Å². The SMILES string of the molecule is N[C@H](CN1CCC1)[C@H](O)c1ccc2c(c1)OC(CCCc1ccc3ccc(CCC(F)(F)C(=O)N[C@H](CN4CCC4)[C@H](O)c4ccc5c(c4)OCCO5)cc3c1)CO2. The van der Waals surface area contributed by atoms with Crippen molar-refractivity contribution in [3.05, 3.63) is 95.1 Å². The van der Waals surface area contributed by atoms with Gasteiger partial charge in [0.05, 0.1) is 12.1 Å². The second-order valence-electron chi connectivity index (χ2n) is 16.2. The van der Waals surface area contributed by atoms with E-state index in [1.165, 1.54) is 6.42 Å². The lowest BCUT2D eigenvalue weighted by Crippen LogP contribution is -2.54. The molecule has 4 aliphatic rings. The van der Waals surface area contributed by atoms with E-state index in [-0.39, 0.29) is 25.1 Å². The maximum atomic E-state index is 15.5. The first-order valence-electron chi connectivity index (χ1n) is 20.7. The molecule has 0 spiro atoms. The summed E-state index contributed by atoms with van der Waals surface area (Å²) in [4.78, 5) is 17.4. The van der Waals surface area contributed by atoms with Crippen molar-refractivity contribution in [1.29, 1.82) is 0 Å². The normalized spacial score (nSPS) is 20.1. The molecular formula is C45H54F2N4O7. The summed E-state index contributed by atoms with van der Waals surface area (Å²) in [7, 11) is 0. The molecule has 4 aromatic rings. The van der Waals surface area contributed by atoms with Crippen LogP contribution in [-0.4, -0.2) is 109 Å². The molecule has 0 bridgehead atoms. The highest BCUT2D eigenvalue weighted by atomic mass is 19.3. The van der Waals surface area contributed by atoms with Crippen molar-refractivity contribution in [3.8, 4) is 23.0 Å². The first-order chi connectivity index (χ1) is 28.1. The fourth-order valence-electron chi connectivity index (χ4n) is 8.09. The molecule has 58 heavy (non-hydrogen) atoms. The summed E-state index contributed by atoms with van der Waals surface area (Å²) >= 11 is 0. The molecule has 4 heterocycles. The summed E-state index contributed by atoms with van der Waals surface area (Å²) in [5.74, 6) is -2.74. The van der Waals surface area contributed by atoms with E-state index in [0.29, 0.717) is 66.1 Å². The van der Waals surface area contributed by atoms with Crippen molar-refractivity contribution in [3.63, 3.8) is 0 Å². The molecule has 0 aliphatic carbocycles. The zero-order valence-electron chi connectivity index (χ0n) is 32.8. The van der Waals surface area contributed by atoms with Crippen LogP contribution in [0.3, 0.4) is 0 Å². The Kier molecular flexibility index (Phi) is 12.3. The van der Waals surface area contributed by atoms with Gasteiger partial charge in [-0.05, 0) is 122 Å². The summed E-state index contributed by atoms with van der Waals surface area (Å²) in [5, 5.41) is 26.7. The number of aliphatic hydroxyl groups excluding tert-OH is 2. The topological polar surface area (TPSA) is 139 Å². The van der Waals surface area contributed by atoms with Gasteiger partial charge in [-0.3, -0.25) is 4.79 Å². The van der Waals surface area contributed by atoms with Gasteiger partial charge in [0, 0.05) is 25.6 Å². The van der Waals surface area contributed by atoms with Gasteiger partial charge < -0.3 is 50.0 Å². The number of alkyl halides is 2. The Morgan fingerprint density at radius 3 is 2.07 bits per heavy atom. The van der Waals surface area contributed by atoms with Crippen LogP contribution in [0.2, 0.25) is 0 Å². The number of nitrogens with zero attached hydrogens (tertiary/aromatic N) is 2. The smallest absolute Gasteiger partial charge is 0.324 e. The third-order valence-corrected chi connectivity index (χ3v) is 11.9. The number of rotatable bonds is 17. The minimum Gasteiger partial charge on any atom is -0.486 e. The zero-order chi connectivity index (χ0) is 40.2. The van der Waals surface area contributed by atoms with Gasteiger partial charge >= 0.3 is 5.92 Å². The monoisotopic (exact) mass is 800 g/mol. The average Bonchev–Trinajstić information content (AvgIpc) is 3.20. The van der Waals surface area contributed by atoms with Crippen LogP contribution in [0.15, 0.2) is 72.8 Å². The number of nitrogens with two attached hydrogens (primary N) is 1. The summed E-state index contributed by atoms with van der Waals surface area (Å²) in [6.45, 7) is 5.74. The summed E-state index contributed by atoms with van der Waals surface area (Å²) < 4.78 is 54.5. The van der Waals surface area contributed by atoms with Crippen molar-refractivity contribution < 1.29 is 42.7 Å². The lowest BCUT2D eigenvalue weighted by molar-refractivity contribution is -0.148. The Balaban J connectivity index is 0.840. The van der Waals surface area contributed by atoms with Gasteiger partial charge in [0.2, 0.25) is 0 Å². The van der Waals surface area contributed by atoms with E-state index >= 15 is 8.78 Å². The van der Waals surface area contributed by atoms with Crippen LogP contribution >= 0.6 is 0 Å². The van der Waals surface area contributed by atoms with Crippen LogP contribution in [0.1, 0.15) is 66.6 Å². The van der Waals surface area contributed by atoms with Gasteiger partial charge in [0.15, 0.2) is 23.0 Å². The molecule has 0 radical (unpaired) electrons. The van der Waals surface area contributed by atoms with Crippen molar-refractivity contribution in [1.82, 2.24) is 15.1 Å². The molecule has 5 atom stereocenters. The fourth-order valence-corrected chi connectivity index (χ4v) is 8.09. The molecule has 1 unspecified atom stereocenters. The lowest BCUT2D eigenvalue weighted by atomic mass is 9.97. The van der Waals surface area contributed by atoms with Gasteiger partial charge in [-0.1, -0.05) is 48.5 Å². The second kappa shape index (κ2) is 17.8. The number of aryl methyl sites for hydroxylation is 2. The number of benzene rings is 4. The van der Waals surface area contributed by atoms with E-state index in [0.717, 1.165) is 68.2 Å². The number of aliphatic hydroxyl groups is 2. The van der Waals surface area contributed by atoms with Gasteiger partial charge in [-0.25, -0.2) is 0 Å². The highest BCUT2D eigenvalue weighted by Gasteiger charge is 2.41. The molecule has 8 rings (SSSR count). The van der Waals surface area contributed by atoms with E-state index in [4.69, 9.17) is 24.7 Å². The third-order valence-electron chi connectivity index (χ3n) is 11.9. The van der Waals surface area contributed by atoms with E-state index in [1.807, 2.05) is 47.4 Å². The molecule has 2 fully saturated rings. The summed E-state index contributed by atoms with van der Waals surface area (Å²) in [6, 6.07) is 21.1. The predicted octanol–water partition coefficient (Wildman–Crippen LogP) is 5.33. The highest BCUT2D eigenvalue weighted by Crippen LogP contribution is 2.37. The molecule has 0 aromatic heterocycles. The first-order valence-corrected chi connectivity index (χ1v) is 20.7. The van der Waals surface area contributed by atoms with E-state index in [1.54, 1.807) is 18.2 Å². The maximum absolute atomic E-state index is 15.5. The van der Waals surface area contributed by atoms with Gasteiger partial charge in [-0.15, -0.1) is 0 Å². The largest absolute Gasteiger partial charge is 0.486 e. The molecule has 0 saturated carbocycles. The van der Waals surface area contributed by atoms with Crippen molar-refractivity contribution in [2.24, 2.45) is 5.73 Å². The average molecular weight is 801 g/mol.